The summed E-state index contributed by atoms with van der Waals surface area (Å²) < 4.78 is 1.31. The molecule has 3 heteroatoms. The second-order valence-electron chi connectivity index (χ2n) is 11.9. The Labute approximate surface area is 229 Å². The van der Waals surface area contributed by atoms with Crippen molar-refractivity contribution in [3.63, 3.8) is 0 Å². The van der Waals surface area contributed by atoms with Crippen LogP contribution in [0.4, 0.5) is 11.4 Å². The van der Waals surface area contributed by atoms with Crippen LogP contribution in [0.15, 0.2) is 66.7 Å². The van der Waals surface area contributed by atoms with Gasteiger partial charge in [0, 0.05) is 22.7 Å². The Morgan fingerprint density at radius 3 is 1.22 bits per heavy atom. The van der Waals surface area contributed by atoms with Crippen LogP contribution in [0.25, 0.3) is 0 Å². The lowest BCUT2D eigenvalue weighted by Gasteiger charge is -2.52. The molecule has 0 radical (unpaired) electrons. The minimum atomic E-state index is -0.851. The first-order valence-electron chi connectivity index (χ1n) is 13.8. The number of nitrogens with zero attached hydrogens (tertiary/aromatic N) is 2. The SMILES string of the molecule is [CH2-][N+](c1cc(C)ccc1P(c1ccccc1)c1ccc(C)cc1[N+]([CH2-])(C(C)C)C(C)C)(C(C)C)C(C)C. The maximum atomic E-state index is 4.88. The van der Waals surface area contributed by atoms with E-state index in [0.29, 0.717) is 33.1 Å². The third kappa shape index (κ3) is 5.44. The van der Waals surface area contributed by atoms with E-state index in [1.54, 1.807) is 0 Å². The highest BCUT2D eigenvalue weighted by molar-refractivity contribution is 7.80. The molecule has 3 aromatic rings. The smallest absolute Gasteiger partial charge is 0.115 e. The average Bonchev–Trinajstić information content (AvgIpc) is 2.84. The van der Waals surface area contributed by atoms with Crippen molar-refractivity contribution < 1.29 is 0 Å². The normalized spacial score (nSPS) is 13.0. The van der Waals surface area contributed by atoms with E-state index in [2.05, 4.69) is 136 Å². The summed E-state index contributed by atoms with van der Waals surface area (Å²) >= 11 is 0. The van der Waals surface area contributed by atoms with Gasteiger partial charge >= 0.3 is 0 Å². The molecule has 0 fully saturated rings. The van der Waals surface area contributed by atoms with E-state index in [9.17, 15) is 0 Å². The van der Waals surface area contributed by atoms with E-state index >= 15 is 0 Å². The number of hydrogen-bond donors (Lipinski definition) is 0. The predicted octanol–water partition coefficient (Wildman–Crippen LogP) is 7.89. The van der Waals surface area contributed by atoms with Gasteiger partial charge in [0.05, 0.1) is 24.2 Å². The highest BCUT2D eigenvalue weighted by Crippen LogP contribution is 2.45. The van der Waals surface area contributed by atoms with Crippen molar-refractivity contribution in [3.8, 4) is 0 Å². The minimum Gasteiger partial charge on any atom is -0.419 e. The summed E-state index contributed by atoms with van der Waals surface area (Å²) in [6, 6.07) is 26.6. The molecule has 37 heavy (non-hydrogen) atoms. The lowest BCUT2D eigenvalue weighted by atomic mass is 10.1. The molecule has 200 valence electrons. The molecule has 0 aliphatic rings. The summed E-state index contributed by atoms with van der Waals surface area (Å²) in [5, 5.41) is 4.16. The molecule has 0 heterocycles. The fourth-order valence-corrected chi connectivity index (χ4v) is 8.30. The Morgan fingerprint density at radius 2 is 0.892 bits per heavy atom. The van der Waals surface area contributed by atoms with Crippen LogP contribution >= 0.6 is 7.92 Å². The number of aryl methyl sites for hydroxylation is 2. The molecule has 0 aromatic heterocycles. The van der Waals surface area contributed by atoms with Gasteiger partial charge in [-0.25, -0.2) is 0 Å². The molecule has 3 rings (SSSR count). The molecule has 0 spiro atoms. The zero-order valence-electron chi connectivity index (χ0n) is 24.9. The number of benzene rings is 3. The Balaban J connectivity index is 2.49. The van der Waals surface area contributed by atoms with Crippen LogP contribution in [-0.4, -0.2) is 24.2 Å². The third-order valence-electron chi connectivity index (χ3n) is 8.34. The second kappa shape index (κ2) is 11.4. The Bertz CT molecular complexity index is 1100. The Hall–Kier alpha value is -1.99. The quantitative estimate of drug-likeness (QED) is 0.154. The highest BCUT2D eigenvalue weighted by Gasteiger charge is 2.37. The molecule has 2 nitrogen and oxygen atoms in total. The lowest BCUT2D eigenvalue weighted by molar-refractivity contribution is 0.251. The first kappa shape index (κ1) is 29.6. The van der Waals surface area contributed by atoms with Crippen molar-refractivity contribution in [2.45, 2.75) is 93.4 Å². The third-order valence-corrected chi connectivity index (χ3v) is 10.9. The molecule has 0 saturated heterocycles. The fraction of sp³-hybridized carbons (Fsp3) is 0.412. The van der Waals surface area contributed by atoms with Gasteiger partial charge in [-0.3, -0.25) is 0 Å². The molecule has 0 N–H and O–H groups in total. The molecule has 0 aliphatic heterocycles. The summed E-state index contributed by atoms with van der Waals surface area (Å²) in [4.78, 5) is 0. The fourth-order valence-electron chi connectivity index (χ4n) is 5.60. The molecule has 0 saturated carbocycles. The van der Waals surface area contributed by atoms with E-state index in [1.165, 1.54) is 38.4 Å². The molecule has 0 aliphatic carbocycles. The zero-order chi connectivity index (χ0) is 27.7. The van der Waals surface area contributed by atoms with Gasteiger partial charge in [0.15, 0.2) is 0 Å². The van der Waals surface area contributed by atoms with Crippen molar-refractivity contribution in [2.75, 3.05) is 0 Å². The number of hydrogen-bond acceptors (Lipinski definition) is 0. The van der Waals surface area contributed by atoms with Crippen LogP contribution in [0.5, 0.6) is 0 Å². The Kier molecular flexibility index (Phi) is 9.11. The van der Waals surface area contributed by atoms with Crippen molar-refractivity contribution >= 4 is 35.2 Å². The number of quaternary nitrogens is 2. The van der Waals surface area contributed by atoms with Gasteiger partial charge in [0.2, 0.25) is 0 Å². The first-order valence-corrected chi connectivity index (χ1v) is 15.1. The van der Waals surface area contributed by atoms with Gasteiger partial charge in [-0.05, 0) is 106 Å². The van der Waals surface area contributed by atoms with Gasteiger partial charge in [-0.15, -0.1) is 14.1 Å². The summed E-state index contributed by atoms with van der Waals surface area (Å²) in [5.41, 5.74) is 5.24. The van der Waals surface area contributed by atoms with E-state index in [-0.39, 0.29) is 0 Å². The maximum absolute atomic E-state index is 4.88. The summed E-state index contributed by atoms with van der Waals surface area (Å²) in [6.07, 6.45) is 0. The minimum absolute atomic E-state index is 0.347. The predicted molar refractivity (Wildman–Crippen MR) is 169 cm³/mol. The van der Waals surface area contributed by atoms with Crippen molar-refractivity contribution in [2.24, 2.45) is 0 Å². The zero-order valence-corrected chi connectivity index (χ0v) is 25.8. The van der Waals surface area contributed by atoms with Crippen LogP contribution in [0.3, 0.4) is 0 Å². The molecule has 0 amide bonds. The van der Waals surface area contributed by atoms with Crippen molar-refractivity contribution in [1.29, 1.82) is 0 Å². The van der Waals surface area contributed by atoms with Crippen LogP contribution < -0.4 is 24.9 Å². The van der Waals surface area contributed by atoms with E-state index in [0.717, 1.165) is 0 Å². The van der Waals surface area contributed by atoms with Gasteiger partial charge in [-0.2, -0.15) is 0 Å². The second-order valence-corrected chi connectivity index (χ2v) is 14.0. The average molecular weight is 517 g/mol. The van der Waals surface area contributed by atoms with Gasteiger partial charge in [0.25, 0.3) is 0 Å². The molecular weight excluding hydrogens is 467 g/mol. The Morgan fingerprint density at radius 1 is 0.541 bits per heavy atom. The van der Waals surface area contributed by atoms with Crippen LogP contribution in [0, 0.1) is 27.9 Å². The largest absolute Gasteiger partial charge is 0.419 e. The van der Waals surface area contributed by atoms with Crippen molar-refractivity contribution in [1.82, 2.24) is 8.97 Å². The maximum Gasteiger partial charge on any atom is 0.115 e. The summed E-state index contributed by atoms with van der Waals surface area (Å²) in [7, 11) is 8.92. The van der Waals surface area contributed by atoms with Crippen molar-refractivity contribution in [3.05, 3.63) is 92.0 Å². The van der Waals surface area contributed by atoms with Crippen LogP contribution in [-0.2, 0) is 0 Å². The van der Waals surface area contributed by atoms with Crippen LogP contribution in [0.1, 0.15) is 66.5 Å². The summed E-state index contributed by atoms with van der Waals surface area (Å²) in [6.45, 7) is 22.8. The lowest BCUT2D eigenvalue weighted by Crippen LogP contribution is -2.57. The van der Waals surface area contributed by atoms with E-state index in [4.69, 9.17) is 14.1 Å². The molecule has 0 atom stereocenters. The monoisotopic (exact) mass is 516 g/mol. The van der Waals surface area contributed by atoms with Gasteiger partial charge in [-0.1, -0.05) is 42.5 Å². The number of rotatable bonds is 9. The molecule has 0 bridgehead atoms. The van der Waals surface area contributed by atoms with E-state index in [1.807, 2.05) is 0 Å². The molecular formula is C34H49N2P. The van der Waals surface area contributed by atoms with Gasteiger partial charge in [0.1, 0.15) is 11.4 Å². The first-order chi connectivity index (χ1) is 17.3. The highest BCUT2D eigenvalue weighted by atomic mass is 31.1. The molecule has 3 aromatic carbocycles. The summed E-state index contributed by atoms with van der Waals surface area (Å²) in [5.74, 6) is 0. The standard InChI is InChI=1S/C34H49N2P/c1-24(2)35(11,25(3)4)31-22-28(9)18-20-33(31)37(30-16-14-13-15-17-30)34-21-19-29(10)23-32(34)36(12,26(5)6)27(7)8/h13-27H,11-12H2,1-10H3. The van der Waals surface area contributed by atoms with E-state index < -0.39 is 7.92 Å². The topological polar surface area (TPSA) is 0 Å². The van der Waals surface area contributed by atoms with Crippen LogP contribution in [0.2, 0.25) is 0 Å². The van der Waals surface area contributed by atoms with Gasteiger partial charge < -0.3 is 8.97 Å². The molecule has 0 unspecified atom stereocenters.